The number of hydrogen-bond donors (Lipinski definition) is 1. The highest BCUT2D eigenvalue weighted by atomic mass is 32.2. The van der Waals surface area contributed by atoms with Gasteiger partial charge in [-0.05, 0) is 24.0 Å². The van der Waals surface area contributed by atoms with Crippen molar-refractivity contribution in [1.29, 1.82) is 0 Å². The summed E-state index contributed by atoms with van der Waals surface area (Å²) in [6.45, 7) is 0. The van der Waals surface area contributed by atoms with Gasteiger partial charge in [-0.15, -0.1) is 0 Å². The van der Waals surface area contributed by atoms with Crippen LogP contribution in [-0.2, 0) is 36.0 Å². The number of rotatable bonds is 8. The minimum absolute atomic E-state index is 0.185. The zero-order chi connectivity index (χ0) is 22.2. The number of hydrogen-bond acceptors (Lipinski definition) is 7. The molecule has 0 unspecified atom stereocenters. The van der Waals surface area contributed by atoms with E-state index in [1.807, 2.05) is 60.7 Å². The van der Waals surface area contributed by atoms with Crippen LogP contribution in [0.2, 0.25) is 0 Å². The molecule has 0 bridgehead atoms. The lowest BCUT2D eigenvalue weighted by atomic mass is 9.85. The van der Waals surface area contributed by atoms with Crippen molar-refractivity contribution in [2.75, 3.05) is 14.2 Å². The standard InChI is InChI=1S/C24H27NO5S/c1-29-22(26)19-18(14-13-16-9-5-3-6-10-16)25-21(20(19)23(27)30-2)24(28)31-15-17-11-7-4-8-12-17/h3-12,18-21,25H,13-15H2,1-2H3/t18-,19+,20+,21-/m1/s1. The molecule has 164 valence electrons. The van der Waals surface area contributed by atoms with Crippen LogP contribution in [-0.4, -0.2) is 43.4 Å². The molecular weight excluding hydrogens is 414 g/mol. The second-order valence-corrected chi connectivity index (χ2v) is 8.45. The van der Waals surface area contributed by atoms with E-state index in [1.54, 1.807) is 0 Å². The lowest BCUT2D eigenvalue weighted by molar-refractivity contribution is -0.157. The first-order valence-corrected chi connectivity index (χ1v) is 11.2. The van der Waals surface area contributed by atoms with Crippen molar-refractivity contribution in [2.24, 2.45) is 11.8 Å². The van der Waals surface area contributed by atoms with E-state index in [9.17, 15) is 14.4 Å². The summed E-state index contributed by atoms with van der Waals surface area (Å²) in [7, 11) is 2.57. The number of ether oxygens (including phenoxy) is 2. The van der Waals surface area contributed by atoms with E-state index in [2.05, 4.69) is 5.32 Å². The van der Waals surface area contributed by atoms with E-state index in [4.69, 9.17) is 9.47 Å². The molecule has 4 atom stereocenters. The lowest BCUT2D eigenvalue weighted by Crippen LogP contribution is -2.40. The van der Waals surface area contributed by atoms with Gasteiger partial charge in [0.2, 0.25) is 5.12 Å². The molecule has 0 spiro atoms. The number of thioether (sulfide) groups is 1. The van der Waals surface area contributed by atoms with Crippen LogP contribution >= 0.6 is 11.8 Å². The first-order valence-electron chi connectivity index (χ1n) is 10.2. The fraction of sp³-hybridized carbons (Fsp3) is 0.375. The van der Waals surface area contributed by atoms with E-state index < -0.39 is 29.8 Å². The van der Waals surface area contributed by atoms with Crippen molar-refractivity contribution in [3.63, 3.8) is 0 Å². The molecule has 0 aromatic heterocycles. The minimum atomic E-state index is -0.922. The normalized spacial score (nSPS) is 22.6. The van der Waals surface area contributed by atoms with Crippen LogP contribution in [0.3, 0.4) is 0 Å². The van der Waals surface area contributed by atoms with Crippen molar-refractivity contribution < 1.29 is 23.9 Å². The molecule has 3 rings (SSSR count). The molecule has 1 aliphatic rings. The van der Waals surface area contributed by atoms with Gasteiger partial charge >= 0.3 is 11.9 Å². The number of carbonyl (C=O) groups is 3. The third-order valence-electron chi connectivity index (χ3n) is 5.58. The maximum atomic E-state index is 13.1. The number of nitrogens with one attached hydrogen (secondary N) is 1. The highest BCUT2D eigenvalue weighted by Gasteiger charge is 2.53. The van der Waals surface area contributed by atoms with Crippen LogP contribution in [0.15, 0.2) is 60.7 Å². The summed E-state index contributed by atoms with van der Waals surface area (Å²) in [5, 5.41) is 3.07. The summed E-state index contributed by atoms with van der Waals surface area (Å²) < 4.78 is 9.96. The Kier molecular flexibility index (Phi) is 8.26. The van der Waals surface area contributed by atoms with Gasteiger partial charge in [-0.3, -0.25) is 14.4 Å². The van der Waals surface area contributed by atoms with Crippen molar-refractivity contribution in [1.82, 2.24) is 5.32 Å². The average Bonchev–Trinajstić information content (AvgIpc) is 3.21. The van der Waals surface area contributed by atoms with Gasteiger partial charge in [0.15, 0.2) is 0 Å². The summed E-state index contributed by atoms with van der Waals surface area (Å²) in [6.07, 6.45) is 1.29. The highest BCUT2D eigenvalue weighted by Crippen LogP contribution is 2.35. The Morgan fingerprint density at radius 2 is 1.39 bits per heavy atom. The van der Waals surface area contributed by atoms with Crippen LogP contribution in [0.1, 0.15) is 17.5 Å². The SMILES string of the molecule is COC(=O)[C@@H]1[C@H](C(=O)OC)[C@H](C(=O)SCc2ccccc2)N[C@@H]1CCc1ccccc1. The minimum Gasteiger partial charge on any atom is -0.469 e. The van der Waals surface area contributed by atoms with Gasteiger partial charge in [-0.25, -0.2) is 0 Å². The third-order valence-corrected chi connectivity index (χ3v) is 6.60. The monoisotopic (exact) mass is 441 g/mol. The molecule has 1 heterocycles. The predicted octanol–water partition coefficient (Wildman–Crippen LogP) is 3.00. The Labute approximate surface area is 186 Å². The zero-order valence-corrected chi connectivity index (χ0v) is 18.5. The molecule has 7 heteroatoms. The largest absolute Gasteiger partial charge is 0.469 e. The van der Waals surface area contributed by atoms with Crippen LogP contribution in [0.4, 0.5) is 0 Å². The lowest BCUT2D eigenvalue weighted by Gasteiger charge is -2.21. The van der Waals surface area contributed by atoms with Crippen LogP contribution in [0, 0.1) is 11.8 Å². The van der Waals surface area contributed by atoms with Crippen LogP contribution in [0.25, 0.3) is 0 Å². The second-order valence-electron chi connectivity index (χ2n) is 7.47. The van der Waals surface area contributed by atoms with Crippen molar-refractivity contribution in [3.05, 3.63) is 71.8 Å². The summed E-state index contributed by atoms with van der Waals surface area (Å²) in [5.74, 6) is -2.31. The molecule has 1 saturated heterocycles. The van der Waals surface area contributed by atoms with Gasteiger partial charge in [-0.1, -0.05) is 72.4 Å². The molecule has 2 aromatic rings. The van der Waals surface area contributed by atoms with Crippen molar-refractivity contribution >= 4 is 28.8 Å². The molecule has 1 fully saturated rings. The Morgan fingerprint density at radius 3 is 1.97 bits per heavy atom. The van der Waals surface area contributed by atoms with Crippen molar-refractivity contribution in [3.8, 4) is 0 Å². The van der Waals surface area contributed by atoms with Gasteiger partial charge < -0.3 is 14.8 Å². The first kappa shape index (κ1) is 23.0. The fourth-order valence-electron chi connectivity index (χ4n) is 4.02. The Hall–Kier alpha value is -2.64. The predicted molar refractivity (Wildman–Crippen MR) is 119 cm³/mol. The van der Waals surface area contributed by atoms with E-state index in [0.717, 1.165) is 22.9 Å². The quantitative estimate of drug-likeness (QED) is 0.631. The number of methoxy groups -OCH3 is 2. The number of esters is 2. The average molecular weight is 442 g/mol. The smallest absolute Gasteiger partial charge is 0.311 e. The van der Waals surface area contributed by atoms with Gasteiger partial charge in [0, 0.05) is 11.8 Å². The van der Waals surface area contributed by atoms with Gasteiger partial charge in [0.1, 0.15) is 0 Å². The highest BCUT2D eigenvalue weighted by molar-refractivity contribution is 8.13. The number of carbonyl (C=O) groups excluding carboxylic acids is 3. The summed E-state index contributed by atoms with van der Waals surface area (Å²) >= 11 is 1.13. The Morgan fingerprint density at radius 1 is 0.839 bits per heavy atom. The third kappa shape index (κ3) is 5.74. The van der Waals surface area contributed by atoms with Gasteiger partial charge in [0.25, 0.3) is 0 Å². The molecule has 31 heavy (non-hydrogen) atoms. The Bertz CT molecular complexity index is 889. The number of aryl methyl sites for hydroxylation is 1. The fourth-order valence-corrected chi connectivity index (χ4v) is 4.92. The molecule has 0 saturated carbocycles. The maximum absolute atomic E-state index is 13.1. The molecular formula is C24H27NO5S. The molecule has 6 nitrogen and oxygen atoms in total. The summed E-state index contributed by atoms with van der Waals surface area (Å²) in [6, 6.07) is 18.3. The van der Waals surface area contributed by atoms with Gasteiger partial charge in [-0.2, -0.15) is 0 Å². The van der Waals surface area contributed by atoms with E-state index in [1.165, 1.54) is 14.2 Å². The second kappa shape index (κ2) is 11.1. The molecule has 0 radical (unpaired) electrons. The van der Waals surface area contributed by atoms with Crippen LogP contribution in [0.5, 0.6) is 0 Å². The molecule has 1 aliphatic heterocycles. The Balaban J connectivity index is 1.78. The topological polar surface area (TPSA) is 81.7 Å². The zero-order valence-electron chi connectivity index (χ0n) is 17.7. The van der Waals surface area contributed by atoms with Gasteiger partial charge in [0.05, 0.1) is 32.1 Å². The van der Waals surface area contributed by atoms with E-state index >= 15 is 0 Å². The molecule has 0 aliphatic carbocycles. The summed E-state index contributed by atoms with van der Waals surface area (Å²) in [5.41, 5.74) is 2.13. The first-order chi connectivity index (χ1) is 15.0. The van der Waals surface area contributed by atoms with E-state index in [-0.39, 0.29) is 11.2 Å². The molecule has 1 N–H and O–H groups in total. The maximum Gasteiger partial charge on any atom is 0.311 e. The molecule has 0 amide bonds. The number of benzene rings is 2. The van der Waals surface area contributed by atoms with E-state index in [0.29, 0.717) is 18.6 Å². The van der Waals surface area contributed by atoms with Crippen molar-refractivity contribution in [2.45, 2.75) is 30.7 Å². The van der Waals surface area contributed by atoms with Crippen LogP contribution < -0.4 is 5.32 Å². The summed E-state index contributed by atoms with van der Waals surface area (Å²) in [4.78, 5) is 38.3. The molecule has 2 aromatic carbocycles.